The molecule has 0 aliphatic carbocycles. The van der Waals surface area contributed by atoms with Gasteiger partial charge in [0, 0.05) is 19.2 Å². The molecule has 1 aliphatic rings. The first-order valence-electron chi connectivity index (χ1n) is 7.62. The zero-order valence-corrected chi connectivity index (χ0v) is 13.5. The van der Waals surface area contributed by atoms with Crippen molar-refractivity contribution in [2.24, 2.45) is 5.92 Å². The Hall–Kier alpha value is -1.59. The normalized spacial score (nSPS) is 15.4. The van der Waals surface area contributed by atoms with Gasteiger partial charge in [-0.2, -0.15) is 0 Å². The molecule has 0 spiro atoms. The number of piperidine rings is 1. The van der Waals surface area contributed by atoms with Crippen LogP contribution in [-0.2, 0) is 4.79 Å². The largest absolute Gasteiger partial charge is 0.355 e. The lowest BCUT2D eigenvalue weighted by Crippen LogP contribution is -2.28. The van der Waals surface area contributed by atoms with Gasteiger partial charge >= 0.3 is 0 Å². The Balaban J connectivity index is 1.89. The van der Waals surface area contributed by atoms with E-state index in [4.69, 9.17) is 11.6 Å². The zero-order chi connectivity index (χ0) is 15.9. The quantitative estimate of drug-likeness (QED) is 0.779. The molecule has 6 heteroatoms. The standard InChI is InChI=1S/C16H22ClN3O2/c1-18-16(22)13-10-12(3-4-14(13)17)20-15(21)5-2-11-6-8-19-9-7-11/h3-4,10-11,19H,2,5-9H2,1H3,(H,18,22)(H,20,21). The second-order valence-electron chi connectivity index (χ2n) is 5.55. The van der Waals surface area contributed by atoms with Crippen molar-refractivity contribution in [3.05, 3.63) is 28.8 Å². The predicted octanol–water partition coefficient (Wildman–Crippen LogP) is 2.42. The molecule has 1 heterocycles. The summed E-state index contributed by atoms with van der Waals surface area (Å²) in [5, 5.41) is 9.05. The van der Waals surface area contributed by atoms with Gasteiger partial charge in [-0.15, -0.1) is 0 Å². The SMILES string of the molecule is CNC(=O)c1cc(NC(=O)CCC2CCNCC2)ccc1Cl. The Morgan fingerprint density at radius 3 is 2.73 bits per heavy atom. The summed E-state index contributed by atoms with van der Waals surface area (Å²) in [6, 6.07) is 4.93. The molecule has 0 atom stereocenters. The first-order chi connectivity index (χ1) is 10.6. The molecule has 1 aromatic carbocycles. The lowest BCUT2D eigenvalue weighted by molar-refractivity contribution is -0.116. The van der Waals surface area contributed by atoms with Crippen LogP contribution < -0.4 is 16.0 Å². The Bertz CT molecular complexity index is 542. The van der Waals surface area contributed by atoms with Crippen LogP contribution in [0.15, 0.2) is 18.2 Å². The minimum atomic E-state index is -0.268. The fourth-order valence-electron chi connectivity index (χ4n) is 2.64. The van der Waals surface area contributed by atoms with Crippen molar-refractivity contribution in [3.63, 3.8) is 0 Å². The molecule has 0 saturated carbocycles. The van der Waals surface area contributed by atoms with E-state index in [1.807, 2.05) is 0 Å². The Morgan fingerprint density at radius 1 is 1.32 bits per heavy atom. The van der Waals surface area contributed by atoms with Gasteiger partial charge in [0.1, 0.15) is 0 Å². The highest BCUT2D eigenvalue weighted by atomic mass is 35.5. The molecule has 22 heavy (non-hydrogen) atoms. The van der Waals surface area contributed by atoms with Crippen LogP contribution in [0.3, 0.4) is 0 Å². The van der Waals surface area contributed by atoms with Crippen molar-refractivity contribution in [3.8, 4) is 0 Å². The van der Waals surface area contributed by atoms with Gasteiger partial charge < -0.3 is 16.0 Å². The van der Waals surface area contributed by atoms with E-state index in [0.717, 1.165) is 32.4 Å². The van der Waals surface area contributed by atoms with Gasteiger partial charge in [0.15, 0.2) is 0 Å². The van der Waals surface area contributed by atoms with E-state index in [1.54, 1.807) is 25.2 Å². The molecule has 2 rings (SSSR count). The molecule has 1 fully saturated rings. The molecule has 5 nitrogen and oxygen atoms in total. The smallest absolute Gasteiger partial charge is 0.252 e. The van der Waals surface area contributed by atoms with E-state index in [0.29, 0.717) is 28.6 Å². The summed E-state index contributed by atoms with van der Waals surface area (Å²) in [6.07, 6.45) is 3.68. The van der Waals surface area contributed by atoms with Crippen molar-refractivity contribution < 1.29 is 9.59 Å². The number of rotatable bonds is 5. The van der Waals surface area contributed by atoms with Crippen molar-refractivity contribution in [2.75, 3.05) is 25.5 Å². The van der Waals surface area contributed by atoms with Crippen LogP contribution in [0.2, 0.25) is 5.02 Å². The summed E-state index contributed by atoms with van der Waals surface area (Å²) in [5.41, 5.74) is 0.957. The molecular weight excluding hydrogens is 302 g/mol. The van der Waals surface area contributed by atoms with Crippen LogP contribution in [0.1, 0.15) is 36.0 Å². The van der Waals surface area contributed by atoms with Gasteiger partial charge in [-0.3, -0.25) is 9.59 Å². The fourth-order valence-corrected chi connectivity index (χ4v) is 2.84. The van der Waals surface area contributed by atoms with Crippen LogP contribution in [0.4, 0.5) is 5.69 Å². The molecule has 3 N–H and O–H groups in total. The van der Waals surface area contributed by atoms with E-state index >= 15 is 0 Å². The summed E-state index contributed by atoms with van der Waals surface area (Å²) in [4.78, 5) is 23.7. The van der Waals surface area contributed by atoms with Gasteiger partial charge in [-0.1, -0.05) is 11.6 Å². The van der Waals surface area contributed by atoms with Crippen molar-refractivity contribution in [2.45, 2.75) is 25.7 Å². The van der Waals surface area contributed by atoms with Crippen molar-refractivity contribution in [1.29, 1.82) is 0 Å². The predicted molar refractivity (Wildman–Crippen MR) is 88.3 cm³/mol. The monoisotopic (exact) mass is 323 g/mol. The minimum Gasteiger partial charge on any atom is -0.355 e. The second-order valence-corrected chi connectivity index (χ2v) is 5.96. The molecule has 1 aromatic rings. The van der Waals surface area contributed by atoms with Crippen LogP contribution in [0, 0.1) is 5.92 Å². The highest BCUT2D eigenvalue weighted by Gasteiger charge is 2.15. The average Bonchev–Trinajstić information content (AvgIpc) is 2.55. The second kappa shape index (κ2) is 8.15. The highest BCUT2D eigenvalue weighted by molar-refractivity contribution is 6.34. The van der Waals surface area contributed by atoms with Gasteiger partial charge in [0.2, 0.25) is 5.91 Å². The first-order valence-corrected chi connectivity index (χ1v) is 8.00. The number of amides is 2. The van der Waals surface area contributed by atoms with Crippen LogP contribution in [0.5, 0.6) is 0 Å². The molecule has 1 saturated heterocycles. The molecule has 0 bridgehead atoms. The first kappa shape index (κ1) is 16.8. The Kier molecular flexibility index (Phi) is 6.21. The van der Waals surface area contributed by atoms with E-state index in [2.05, 4.69) is 16.0 Å². The number of carbonyl (C=O) groups excluding carboxylic acids is 2. The van der Waals surface area contributed by atoms with Crippen molar-refractivity contribution >= 4 is 29.1 Å². The van der Waals surface area contributed by atoms with E-state index in [-0.39, 0.29) is 11.8 Å². The molecule has 0 aromatic heterocycles. The Morgan fingerprint density at radius 2 is 2.05 bits per heavy atom. The number of hydrogen-bond acceptors (Lipinski definition) is 3. The van der Waals surface area contributed by atoms with E-state index < -0.39 is 0 Å². The third-order valence-electron chi connectivity index (χ3n) is 3.96. The van der Waals surface area contributed by atoms with Gasteiger partial charge in [0.05, 0.1) is 10.6 Å². The topological polar surface area (TPSA) is 70.2 Å². The zero-order valence-electron chi connectivity index (χ0n) is 12.7. The third-order valence-corrected chi connectivity index (χ3v) is 4.29. The minimum absolute atomic E-state index is 0.0243. The number of benzene rings is 1. The number of carbonyl (C=O) groups is 2. The number of anilines is 1. The van der Waals surface area contributed by atoms with Gasteiger partial charge in [0.25, 0.3) is 5.91 Å². The lowest BCUT2D eigenvalue weighted by atomic mass is 9.93. The maximum absolute atomic E-state index is 12.0. The fraction of sp³-hybridized carbons (Fsp3) is 0.500. The van der Waals surface area contributed by atoms with Crippen LogP contribution in [-0.4, -0.2) is 32.0 Å². The summed E-state index contributed by atoms with van der Waals surface area (Å²) in [6.45, 7) is 2.08. The third kappa shape index (κ3) is 4.71. The molecule has 120 valence electrons. The molecule has 0 radical (unpaired) electrons. The average molecular weight is 324 g/mol. The number of hydrogen-bond donors (Lipinski definition) is 3. The van der Waals surface area contributed by atoms with Crippen LogP contribution in [0.25, 0.3) is 0 Å². The van der Waals surface area contributed by atoms with E-state index in [9.17, 15) is 9.59 Å². The maximum Gasteiger partial charge on any atom is 0.252 e. The van der Waals surface area contributed by atoms with Gasteiger partial charge in [-0.25, -0.2) is 0 Å². The summed E-state index contributed by atoms with van der Waals surface area (Å²) < 4.78 is 0. The van der Waals surface area contributed by atoms with E-state index in [1.165, 1.54) is 0 Å². The molecule has 2 amide bonds. The van der Waals surface area contributed by atoms with Gasteiger partial charge in [-0.05, 0) is 56.5 Å². The molecule has 1 aliphatic heterocycles. The maximum atomic E-state index is 12.0. The van der Waals surface area contributed by atoms with Crippen molar-refractivity contribution in [1.82, 2.24) is 10.6 Å². The summed E-state index contributed by atoms with van der Waals surface area (Å²) >= 11 is 5.99. The summed E-state index contributed by atoms with van der Waals surface area (Å²) in [5.74, 6) is 0.332. The molecule has 0 unspecified atom stereocenters. The summed E-state index contributed by atoms with van der Waals surface area (Å²) in [7, 11) is 1.54. The van der Waals surface area contributed by atoms with Crippen LogP contribution >= 0.6 is 11.6 Å². The Labute approximate surface area is 135 Å². The highest BCUT2D eigenvalue weighted by Crippen LogP contribution is 2.22. The molecular formula is C16H22ClN3O2. The number of halogens is 1. The lowest BCUT2D eigenvalue weighted by Gasteiger charge is -2.22. The number of nitrogens with one attached hydrogen (secondary N) is 3.